The number of hydrogen-bond acceptors (Lipinski definition) is 4. The minimum Gasteiger partial charge on any atom is -0.451 e. The summed E-state index contributed by atoms with van der Waals surface area (Å²) in [5.74, 6) is -2.04. The van der Waals surface area contributed by atoms with Crippen molar-refractivity contribution >= 4 is 29.4 Å². The second kappa shape index (κ2) is 9.00. The van der Waals surface area contributed by atoms with Gasteiger partial charge in [0.25, 0.3) is 0 Å². The molecule has 1 atom stereocenters. The van der Waals surface area contributed by atoms with E-state index in [1.54, 1.807) is 6.92 Å². The van der Waals surface area contributed by atoms with Crippen molar-refractivity contribution in [2.45, 2.75) is 20.0 Å². The van der Waals surface area contributed by atoms with Crippen LogP contribution in [-0.4, -0.2) is 27.6 Å². The lowest BCUT2D eigenvalue weighted by molar-refractivity contribution is -0.140. The van der Waals surface area contributed by atoms with E-state index in [9.17, 15) is 18.4 Å². The van der Waals surface area contributed by atoms with Crippen molar-refractivity contribution in [1.29, 1.82) is 0 Å². The molecule has 5 nitrogen and oxygen atoms in total. The molecule has 2 aromatic carbocycles. The summed E-state index contributed by atoms with van der Waals surface area (Å²) in [6, 6.07) is 10.6. The number of benzene rings is 2. The Morgan fingerprint density at radius 2 is 1.63 bits per heavy atom. The summed E-state index contributed by atoms with van der Waals surface area (Å²) in [6.07, 6.45) is 1.52. The first-order valence-corrected chi connectivity index (χ1v) is 9.33. The highest BCUT2D eigenvalue weighted by Gasteiger charge is 2.19. The van der Waals surface area contributed by atoms with E-state index < -0.39 is 23.7 Å². The number of esters is 1. The number of ketones is 1. The van der Waals surface area contributed by atoms with Gasteiger partial charge in [0.05, 0.1) is 11.4 Å². The Balaban J connectivity index is 1.71. The molecule has 3 aromatic rings. The van der Waals surface area contributed by atoms with Crippen LogP contribution in [-0.2, 0) is 9.53 Å². The van der Waals surface area contributed by atoms with E-state index in [1.165, 1.54) is 54.1 Å². The molecule has 3 rings (SSSR count). The van der Waals surface area contributed by atoms with Gasteiger partial charge in [-0.2, -0.15) is 5.10 Å². The summed E-state index contributed by atoms with van der Waals surface area (Å²) in [5, 5.41) is 4.53. The van der Waals surface area contributed by atoms with Crippen molar-refractivity contribution in [3.8, 4) is 5.69 Å². The van der Waals surface area contributed by atoms with E-state index in [0.29, 0.717) is 16.9 Å². The zero-order valence-corrected chi connectivity index (χ0v) is 16.9. The molecule has 8 heteroatoms. The molecule has 0 saturated carbocycles. The van der Waals surface area contributed by atoms with Gasteiger partial charge in [0.15, 0.2) is 6.10 Å². The van der Waals surface area contributed by atoms with Gasteiger partial charge in [-0.3, -0.25) is 4.79 Å². The van der Waals surface area contributed by atoms with Gasteiger partial charge in [0.2, 0.25) is 5.78 Å². The van der Waals surface area contributed by atoms with Crippen molar-refractivity contribution in [3.63, 3.8) is 0 Å². The predicted octanol–water partition coefficient (Wildman–Crippen LogP) is 4.94. The Kier molecular flexibility index (Phi) is 6.42. The van der Waals surface area contributed by atoms with Gasteiger partial charge in [-0.25, -0.2) is 18.3 Å². The highest BCUT2D eigenvalue weighted by atomic mass is 35.5. The smallest absolute Gasteiger partial charge is 0.331 e. The molecule has 1 heterocycles. The summed E-state index contributed by atoms with van der Waals surface area (Å²) in [5.41, 5.74) is 1.82. The minimum atomic E-state index is -1.05. The Hall–Kier alpha value is -3.32. The van der Waals surface area contributed by atoms with E-state index in [-0.39, 0.29) is 16.5 Å². The minimum absolute atomic E-state index is 0.235. The summed E-state index contributed by atoms with van der Waals surface area (Å²) >= 11 is 6.35. The lowest BCUT2D eigenvalue weighted by atomic mass is 10.1. The second-order valence-corrected chi connectivity index (χ2v) is 6.82. The number of rotatable bonds is 6. The third-order valence-electron chi connectivity index (χ3n) is 4.30. The number of hydrogen-bond donors (Lipinski definition) is 0. The van der Waals surface area contributed by atoms with Gasteiger partial charge >= 0.3 is 5.97 Å². The third kappa shape index (κ3) is 4.80. The predicted molar refractivity (Wildman–Crippen MR) is 109 cm³/mol. The Labute approximate surface area is 176 Å². The molecule has 1 aromatic heterocycles. The Morgan fingerprint density at radius 3 is 2.23 bits per heavy atom. The molecule has 0 N–H and O–H groups in total. The van der Waals surface area contributed by atoms with Gasteiger partial charge in [-0.15, -0.1) is 0 Å². The highest BCUT2D eigenvalue weighted by molar-refractivity contribution is 6.31. The summed E-state index contributed by atoms with van der Waals surface area (Å²) in [6.45, 7) is 3.14. The van der Waals surface area contributed by atoms with Crippen LogP contribution in [0.1, 0.15) is 28.5 Å². The van der Waals surface area contributed by atoms with Gasteiger partial charge < -0.3 is 4.74 Å². The van der Waals surface area contributed by atoms with Crippen LogP contribution < -0.4 is 0 Å². The number of Topliss-reactive ketones (excluding diaryl/α,β-unsaturated/α-hetero) is 1. The van der Waals surface area contributed by atoms with E-state index in [4.69, 9.17) is 16.3 Å². The molecule has 0 radical (unpaired) electrons. The molecule has 0 amide bonds. The lowest BCUT2D eigenvalue weighted by Gasteiger charge is -2.10. The molecular weight excluding hydrogens is 414 g/mol. The van der Waals surface area contributed by atoms with Crippen molar-refractivity contribution < 1.29 is 23.1 Å². The lowest BCUT2D eigenvalue weighted by Crippen LogP contribution is -2.23. The maximum absolute atomic E-state index is 13.1. The monoisotopic (exact) mass is 430 g/mol. The molecule has 0 saturated heterocycles. The van der Waals surface area contributed by atoms with E-state index in [2.05, 4.69) is 5.10 Å². The molecule has 154 valence electrons. The number of aryl methyl sites for hydroxylation is 1. The standard InChI is InChI=1S/C22H17ClF2N2O3/c1-13-19(22(23)27(26-13)18-9-7-17(25)8-10-18)11-12-20(28)30-14(2)21(29)15-3-5-16(24)6-4-15/h3-12,14H,1-2H3/b12-11+. The largest absolute Gasteiger partial charge is 0.451 e. The van der Waals surface area contributed by atoms with Crippen LogP contribution in [0.2, 0.25) is 5.15 Å². The topological polar surface area (TPSA) is 61.2 Å². The fraction of sp³-hybridized carbons (Fsp3) is 0.136. The van der Waals surface area contributed by atoms with Gasteiger partial charge in [0.1, 0.15) is 16.8 Å². The SMILES string of the molecule is Cc1nn(-c2ccc(F)cc2)c(Cl)c1/C=C/C(=O)OC(C)C(=O)c1ccc(F)cc1. The fourth-order valence-corrected chi connectivity index (χ4v) is 3.06. The number of aromatic nitrogens is 2. The van der Waals surface area contributed by atoms with Crippen LogP contribution >= 0.6 is 11.6 Å². The zero-order chi connectivity index (χ0) is 21.8. The molecular formula is C22H17ClF2N2O3. The average Bonchev–Trinajstić information content (AvgIpc) is 3.00. The summed E-state index contributed by atoms with van der Waals surface area (Å²) in [7, 11) is 0. The molecule has 0 fully saturated rings. The number of carbonyl (C=O) groups is 2. The number of carbonyl (C=O) groups excluding carboxylic acids is 2. The van der Waals surface area contributed by atoms with Crippen LogP contribution in [0, 0.1) is 18.6 Å². The van der Waals surface area contributed by atoms with Gasteiger partial charge in [-0.05, 0) is 68.5 Å². The van der Waals surface area contributed by atoms with Crippen LogP contribution in [0.4, 0.5) is 8.78 Å². The average molecular weight is 431 g/mol. The second-order valence-electron chi connectivity index (χ2n) is 6.46. The Bertz CT molecular complexity index is 1110. The van der Waals surface area contributed by atoms with Crippen LogP contribution in [0.5, 0.6) is 0 Å². The molecule has 0 spiro atoms. The van der Waals surface area contributed by atoms with Crippen molar-refractivity contribution in [3.05, 3.63) is 88.2 Å². The van der Waals surface area contributed by atoms with Crippen LogP contribution in [0.25, 0.3) is 11.8 Å². The van der Waals surface area contributed by atoms with E-state index in [1.807, 2.05) is 0 Å². The first-order valence-electron chi connectivity index (χ1n) is 8.96. The van der Waals surface area contributed by atoms with Gasteiger partial charge in [0, 0.05) is 17.2 Å². The quantitative estimate of drug-likeness (QED) is 0.316. The first kappa shape index (κ1) is 21.4. The molecule has 0 aliphatic heterocycles. The Morgan fingerprint density at radius 1 is 1.07 bits per heavy atom. The maximum Gasteiger partial charge on any atom is 0.331 e. The third-order valence-corrected chi connectivity index (χ3v) is 4.66. The number of halogens is 3. The van der Waals surface area contributed by atoms with E-state index >= 15 is 0 Å². The van der Waals surface area contributed by atoms with Crippen LogP contribution in [0.3, 0.4) is 0 Å². The maximum atomic E-state index is 13.1. The zero-order valence-electron chi connectivity index (χ0n) is 16.1. The molecule has 30 heavy (non-hydrogen) atoms. The van der Waals surface area contributed by atoms with E-state index in [0.717, 1.165) is 18.2 Å². The van der Waals surface area contributed by atoms with Crippen molar-refractivity contribution in [2.24, 2.45) is 0 Å². The first-order chi connectivity index (χ1) is 14.3. The van der Waals surface area contributed by atoms with Crippen molar-refractivity contribution in [2.75, 3.05) is 0 Å². The normalized spacial score (nSPS) is 12.2. The summed E-state index contributed by atoms with van der Waals surface area (Å²) in [4.78, 5) is 24.4. The highest BCUT2D eigenvalue weighted by Crippen LogP contribution is 2.25. The molecule has 1 unspecified atom stereocenters. The summed E-state index contributed by atoms with van der Waals surface area (Å²) < 4.78 is 32.6. The van der Waals surface area contributed by atoms with Crippen LogP contribution in [0.15, 0.2) is 54.6 Å². The molecule has 0 aliphatic carbocycles. The van der Waals surface area contributed by atoms with Gasteiger partial charge in [-0.1, -0.05) is 11.6 Å². The number of nitrogens with zero attached hydrogens (tertiary/aromatic N) is 2. The van der Waals surface area contributed by atoms with Crippen molar-refractivity contribution in [1.82, 2.24) is 9.78 Å². The number of ether oxygens (including phenoxy) is 1. The molecule has 0 bridgehead atoms. The molecule has 0 aliphatic rings. The fourth-order valence-electron chi connectivity index (χ4n) is 2.72.